The molecule has 1 aliphatic rings. The zero-order chi connectivity index (χ0) is 18.6. The van der Waals surface area contributed by atoms with Crippen molar-refractivity contribution in [3.63, 3.8) is 0 Å². The zero-order valence-corrected chi connectivity index (χ0v) is 15.8. The average Bonchev–Trinajstić information content (AvgIpc) is 2.63. The van der Waals surface area contributed by atoms with Crippen LogP contribution < -0.4 is 14.2 Å². The van der Waals surface area contributed by atoms with E-state index in [2.05, 4.69) is 14.7 Å². The second-order valence-electron chi connectivity index (χ2n) is 6.07. The average molecular weight is 398 g/mol. The van der Waals surface area contributed by atoms with E-state index in [9.17, 15) is 8.42 Å². The third kappa shape index (κ3) is 4.84. The first kappa shape index (κ1) is 18.9. The van der Waals surface area contributed by atoms with Gasteiger partial charge in [-0.15, -0.1) is 0 Å². The molecule has 0 radical (unpaired) electrons. The number of halogens is 1. The van der Waals surface area contributed by atoms with Crippen LogP contribution in [0.2, 0.25) is 5.02 Å². The largest absolute Gasteiger partial charge is 0.480 e. The minimum absolute atomic E-state index is 0.0247. The molecule has 1 fully saturated rings. The first-order valence-electron chi connectivity index (χ1n) is 8.27. The lowest BCUT2D eigenvalue weighted by Gasteiger charge is -2.29. The number of sulfonamides is 1. The van der Waals surface area contributed by atoms with E-state index in [-0.39, 0.29) is 17.0 Å². The van der Waals surface area contributed by atoms with Gasteiger partial charge in [-0.25, -0.2) is 13.1 Å². The second-order valence-corrected chi connectivity index (χ2v) is 8.22. The lowest BCUT2D eigenvalue weighted by Crippen LogP contribution is -2.39. The Morgan fingerprint density at radius 1 is 1.15 bits per heavy atom. The van der Waals surface area contributed by atoms with Crippen molar-refractivity contribution in [2.45, 2.75) is 42.7 Å². The van der Waals surface area contributed by atoms with Gasteiger partial charge in [0.15, 0.2) is 0 Å². The van der Waals surface area contributed by atoms with E-state index >= 15 is 0 Å². The summed E-state index contributed by atoms with van der Waals surface area (Å²) in [6.07, 6.45) is 5.83. The molecule has 1 aliphatic carbocycles. The topological polar surface area (TPSA) is 90.4 Å². The van der Waals surface area contributed by atoms with Crippen molar-refractivity contribution >= 4 is 21.6 Å². The van der Waals surface area contributed by atoms with Crippen LogP contribution >= 0.6 is 11.6 Å². The maximum absolute atomic E-state index is 12.5. The molecule has 3 rings (SSSR count). The summed E-state index contributed by atoms with van der Waals surface area (Å²) in [6.45, 7) is 0. The number of ether oxygens (including phenoxy) is 2. The molecule has 26 heavy (non-hydrogen) atoms. The highest BCUT2D eigenvalue weighted by molar-refractivity contribution is 7.89. The summed E-state index contributed by atoms with van der Waals surface area (Å²) in [5.41, 5.74) is 0. The minimum atomic E-state index is -3.58. The molecular weight excluding hydrogens is 378 g/mol. The summed E-state index contributed by atoms with van der Waals surface area (Å²) in [5.74, 6) is 0.803. The van der Waals surface area contributed by atoms with E-state index in [0.717, 1.165) is 12.8 Å². The lowest BCUT2D eigenvalue weighted by molar-refractivity contribution is 0.136. The fourth-order valence-electron chi connectivity index (χ4n) is 2.88. The SMILES string of the molecule is COc1cncc(OC2CCC(NS(=O)(=O)c3cccc(Cl)c3)CC2)n1. The fraction of sp³-hybridized carbons (Fsp3) is 0.412. The Kier molecular flexibility index (Phi) is 5.95. The fourth-order valence-corrected chi connectivity index (χ4v) is 4.48. The smallest absolute Gasteiger partial charge is 0.240 e. The Hall–Kier alpha value is -1.90. The molecule has 0 spiro atoms. The number of nitrogens with one attached hydrogen (secondary N) is 1. The molecule has 0 aliphatic heterocycles. The molecule has 1 saturated carbocycles. The Balaban J connectivity index is 1.55. The van der Waals surface area contributed by atoms with Gasteiger partial charge in [-0.1, -0.05) is 17.7 Å². The molecule has 1 heterocycles. The standard InChI is InChI=1S/C17H20ClN3O4S/c1-24-16-10-19-11-17(20-16)25-14-7-5-13(6-8-14)21-26(22,23)15-4-2-3-12(18)9-15/h2-4,9-11,13-14,21H,5-8H2,1H3. The van der Waals surface area contributed by atoms with Crippen molar-refractivity contribution in [1.82, 2.24) is 14.7 Å². The molecule has 1 N–H and O–H groups in total. The summed E-state index contributed by atoms with van der Waals surface area (Å²) in [5, 5.41) is 0.393. The number of aromatic nitrogens is 2. The number of hydrogen-bond donors (Lipinski definition) is 1. The number of methoxy groups -OCH3 is 1. The molecule has 7 nitrogen and oxygen atoms in total. The van der Waals surface area contributed by atoms with E-state index in [1.54, 1.807) is 12.1 Å². The molecule has 0 unspecified atom stereocenters. The van der Waals surface area contributed by atoms with Crippen molar-refractivity contribution < 1.29 is 17.9 Å². The minimum Gasteiger partial charge on any atom is -0.480 e. The summed E-state index contributed by atoms with van der Waals surface area (Å²) in [4.78, 5) is 8.37. The van der Waals surface area contributed by atoms with Crippen molar-refractivity contribution in [3.8, 4) is 11.8 Å². The van der Waals surface area contributed by atoms with Gasteiger partial charge in [0, 0.05) is 11.1 Å². The maximum atomic E-state index is 12.5. The third-order valence-electron chi connectivity index (χ3n) is 4.19. The van der Waals surface area contributed by atoms with Gasteiger partial charge in [0.05, 0.1) is 24.4 Å². The number of hydrogen-bond acceptors (Lipinski definition) is 6. The zero-order valence-electron chi connectivity index (χ0n) is 14.3. The van der Waals surface area contributed by atoms with E-state index < -0.39 is 10.0 Å². The van der Waals surface area contributed by atoms with Gasteiger partial charge in [-0.2, -0.15) is 4.98 Å². The predicted octanol–water partition coefficient (Wildman–Crippen LogP) is 2.81. The Morgan fingerprint density at radius 2 is 1.88 bits per heavy atom. The van der Waals surface area contributed by atoms with Gasteiger partial charge in [0.1, 0.15) is 6.10 Å². The maximum Gasteiger partial charge on any atom is 0.240 e. The van der Waals surface area contributed by atoms with Gasteiger partial charge in [-0.3, -0.25) is 4.98 Å². The van der Waals surface area contributed by atoms with Crippen LogP contribution in [0.5, 0.6) is 11.8 Å². The molecule has 1 aromatic heterocycles. The molecule has 0 amide bonds. The van der Waals surface area contributed by atoms with Gasteiger partial charge < -0.3 is 9.47 Å². The number of benzene rings is 1. The predicted molar refractivity (Wildman–Crippen MR) is 97.0 cm³/mol. The van der Waals surface area contributed by atoms with Crippen molar-refractivity contribution in [2.75, 3.05) is 7.11 Å². The number of nitrogens with zero attached hydrogens (tertiary/aromatic N) is 2. The van der Waals surface area contributed by atoms with E-state index in [1.807, 2.05) is 0 Å². The van der Waals surface area contributed by atoms with E-state index in [4.69, 9.17) is 21.1 Å². The highest BCUT2D eigenvalue weighted by atomic mass is 35.5. The van der Waals surface area contributed by atoms with Gasteiger partial charge >= 0.3 is 0 Å². The molecular formula is C17H20ClN3O4S. The van der Waals surface area contributed by atoms with Gasteiger partial charge in [0.2, 0.25) is 21.8 Å². The summed E-state index contributed by atoms with van der Waals surface area (Å²) < 4.78 is 38.5. The van der Waals surface area contributed by atoms with E-state index in [0.29, 0.717) is 29.6 Å². The summed E-state index contributed by atoms with van der Waals surface area (Å²) in [7, 11) is -2.06. The van der Waals surface area contributed by atoms with Crippen LogP contribution in [0.4, 0.5) is 0 Å². The number of rotatable bonds is 6. The van der Waals surface area contributed by atoms with Gasteiger partial charge in [-0.05, 0) is 43.9 Å². The van der Waals surface area contributed by atoms with Crippen LogP contribution in [0, 0.1) is 0 Å². The Labute approximate surface area is 157 Å². The van der Waals surface area contributed by atoms with Gasteiger partial charge in [0.25, 0.3) is 0 Å². The van der Waals surface area contributed by atoms with Crippen LogP contribution in [-0.4, -0.2) is 37.6 Å². The molecule has 0 atom stereocenters. The molecule has 1 aromatic carbocycles. The Morgan fingerprint density at radius 3 is 2.58 bits per heavy atom. The van der Waals surface area contributed by atoms with Crippen LogP contribution in [0.3, 0.4) is 0 Å². The van der Waals surface area contributed by atoms with Crippen LogP contribution in [0.15, 0.2) is 41.6 Å². The molecule has 0 bridgehead atoms. The Bertz CT molecular complexity index is 855. The van der Waals surface area contributed by atoms with Crippen LogP contribution in [0.1, 0.15) is 25.7 Å². The quantitative estimate of drug-likeness (QED) is 0.806. The first-order valence-corrected chi connectivity index (χ1v) is 10.1. The summed E-state index contributed by atoms with van der Waals surface area (Å²) >= 11 is 5.88. The monoisotopic (exact) mass is 397 g/mol. The van der Waals surface area contributed by atoms with Crippen LogP contribution in [-0.2, 0) is 10.0 Å². The molecule has 0 saturated heterocycles. The van der Waals surface area contributed by atoms with Crippen molar-refractivity contribution in [3.05, 3.63) is 41.7 Å². The highest BCUT2D eigenvalue weighted by Crippen LogP contribution is 2.25. The molecule has 140 valence electrons. The lowest BCUT2D eigenvalue weighted by atomic mass is 9.94. The second kappa shape index (κ2) is 8.20. The van der Waals surface area contributed by atoms with E-state index in [1.165, 1.54) is 31.6 Å². The third-order valence-corrected chi connectivity index (χ3v) is 5.94. The van der Waals surface area contributed by atoms with Crippen molar-refractivity contribution in [1.29, 1.82) is 0 Å². The van der Waals surface area contributed by atoms with Crippen LogP contribution in [0.25, 0.3) is 0 Å². The first-order chi connectivity index (χ1) is 12.5. The molecule has 2 aromatic rings. The summed E-state index contributed by atoms with van der Waals surface area (Å²) in [6, 6.07) is 6.11. The normalized spacial score (nSPS) is 20.5. The van der Waals surface area contributed by atoms with Crippen molar-refractivity contribution in [2.24, 2.45) is 0 Å². The highest BCUT2D eigenvalue weighted by Gasteiger charge is 2.27. The molecule has 9 heteroatoms.